The molecule has 1 aliphatic rings. The first-order valence-electron chi connectivity index (χ1n) is 10.0. The molecule has 1 aromatic heterocycles. The molecule has 0 unspecified atom stereocenters. The predicted molar refractivity (Wildman–Crippen MR) is 115 cm³/mol. The topological polar surface area (TPSA) is 76.3 Å². The van der Waals surface area contributed by atoms with E-state index in [0.29, 0.717) is 42.6 Å². The zero-order valence-electron chi connectivity index (χ0n) is 16.9. The average molecular weight is 459 g/mol. The van der Waals surface area contributed by atoms with Gasteiger partial charge in [0.2, 0.25) is 0 Å². The van der Waals surface area contributed by atoms with Crippen LogP contribution in [0.15, 0.2) is 53.9 Å². The van der Waals surface area contributed by atoms with E-state index in [-0.39, 0.29) is 17.5 Å². The van der Waals surface area contributed by atoms with Crippen molar-refractivity contribution in [3.05, 3.63) is 75.7 Å². The highest BCUT2D eigenvalue weighted by molar-refractivity contribution is 7.09. The first kappa shape index (κ1) is 22.0. The number of thiazole rings is 1. The second-order valence-corrected chi connectivity index (χ2v) is 8.51. The summed E-state index contributed by atoms with van der Waals surface area (Å²) in [5.41, 5.74) is 6.41. The van der Waals surface area contributed by atoms with E-state index in [2.05, 4.69) is 4.98 Å². The number of primary amides is 1. The maximum Gasteiger partial charge on any atom is 0.416 e. The first-order chi connectivity index (χ1) is 15.2. The standard InChI is InChI=1S/C23H20F3N3O2S/c24-23(25,26)16-7-5-14(6-8-16)17-3-1-2-4-18(17)22(31)29-11-9-15(10-12-29)21-28-19(13-32-21)20(27)30/h1-8,13,15H,9-12H2,(H2,27,30). The number of nitrogens with two attached hydrogens (primary N) is 1. The number of carbonyl (C=O) groups is 2. The van der Waals surface area contributed by atoms with Gasteiger partial charge >= 0.3 is 6.18 Å². The Bertz CT molecular complexity index is 1130. The quantitative estimate of drug-likeness (QED) is 0.600. The molecular formula is C23H20F3N3O2S. The molecule has 0 atom stereocenters. The molecule has 9 heteroatoms. The minimum absolute atomic E-state index is 0.155. The third-order valence-electron chi connectivity index (χ3n) is 5.59. The van der Waals surface area contributed by atoms with Gasteiger partial charge in [0.15, 0.2) is 0 Å². The Hall–Kier alpha value is -3.20. The van der Waals surface area contributed by atoms with Crippen molar-refractivity contribution in [3.63, 3.8) is 0 Å². The number of aromatic nitrogens is 1. The number of benzene rings is 2. The molecule has 2 amide bonds. The van der Waals surface area contributed by atoms with Gasteiger partial charge in [0.1, 0.15) is 5.69 Å². The molecule has 2 aromatic carbocycles. The number of nitrogens with zero attached hydrogens (tertiary/aromatic N) is 2. The van der Waals surface area contributed by atoms with E-state index in [1.54, 1.807) is 34.5 Å². The molecule has 1 aliphatic heterocycles. The van der Waals surface area contributed by atoms with Gasteiger partial charge in [-0.15, -0.1) is 11.3 Å². The van der Waals surface area contributed by atoms with E-state index in [4.69, 9.17) is 5.73 Å². The summed E-state index contributed by atoms with van der Waals surface area (Å²) in [6.45, 7) is 1.05. The van der Waals surface area contributed by atoms with Gasteiger partial charge in [-0.3, -0.25) is 9.59 Å². The van der Waals surface area contributed by atoms with E-state index in [1.807, 2.05) is 0 Å². The van der Waals surface area contributed by atoms with Crippen molar-refractivity contribution in [2.75, 3.05) is 13.1 Å². The molecule has 0 bridgehead atoms. The average Bonchev–Trinajstić information content (AvgIpc) is 3.29. The lowest BCUT2D eigenvalue weighted by Gasteiger charge is -2.31. The maximum atomic E-state index is 13.2. The third kappa shape index (κ3) is 4.52. The van der Waals surface area contributed by atoms with Crippen molar-refractivity contribution in [2.45, 2.75) is 24.9 Å². The smallest absolute Gasteiger partial charge is 0.364 e. The summed E-state index contributed by atoms with van der Waals surface area (Å²) in [5.74, 6) is -0.557. The monoisotopic (exact) mass is 459 g/mol. The molecule has 2 heterocycles. The van der Waals surface area contributed by atoms with Crippen molar-refractivity contribution >= 4 is 23.2 Å². The number of carbonyl (C=O) groups excluding carboxylic acids is 2. The molecule has 0 aliphatic carbocycles. The van der Waals surface area contributed by atoms with Gasteiger partial charge < -0.3 is 10.6 Å². The second-order valence-electron chi connectivity index (χ2n) is 7.62. The summed E-state index contributed by atoms with van der Waals surface area (Å²) in [5, 5.41) is 2.49. The van der Waals surface area contributed by atoms with Crippen LogP contribution in [-0.2, 0) is 6.18 Å². The van der Waals surface area contributed by atoms with Crippen LogP contribution >= 0.6 is 11.3 Å². The number of amides is 2. The van der Waals surface area contributed by atoms with Crippen LogP contribution in [0.2, 0.25) is 0 Å². The number of rotatable bonds is 4. The Morgan fingerprint density at radius 2 is 1.69 bits per heavy atom. The molecule has 2 N–H and O–H groups in total. The largest absolute Gasteiger partial charge is 0.416 e. The normalized spacial score (nSPS) is 15.0. The molecule has 0 spiro atoms. The van der Waals surface area contributed by atoms with Crippen LogP contribution in [-0.4, -0.2) is 34.8 Å². The molecule has 166 valence electrons. The highest BCUT2D eigenvalue weighted by Gasteiger charge is 2.31. The molecule has 1 fully saturated rings. The maximum absolute atomic E-state index is 13.2. The van der Waals surface area contributed by atoms with Gasteiger partial charge in [0, 0.05) is 30.0 Å². The van der Waals surface area contributed by atoms with Crippen molar-refractivity contribution in [2.24, 2.45) is 5.73 Å². The highest BCUT2D eigenvalue weighted by Crippen LogP contribution is 2.34. The van der Waals surface area contributed by atoms with Gasteiger partial charge in [0.25, 0.3) is 11.8 Å². The summed E-state index contributed by atoms with van der Waals surface area (Å²) < 4.78 is 38.6. The SMILES string of the molecule is NC(=O)c1csc(C2CCN(C(=O)c3ccccc3-c3ccc(C(F)(F)F)cc3)CC2)n1. The van der Waals surface area contributed by atoms with Crippen LogP contribution in [0, 0.1) is 0 Å². The Morgan fingerprint density at radius 1 is 1.03 bits per heavy atom. The van der Waals surface area contributed by atoms with E-state index < -0.39 is 17.6 Å². The lowest BCUT2D eigenvalue weighted by Crippen LogP contribution is -2.38. The lowest BCUT2D eigenvalue weighted by atomic mass is 9.94. The number of piperidine rings is 1. The highest BCUT2D eigenvalue weighted by atomic mass is 32.1. The van der Waals surface area contributed by atoms with Crippen molar-refractivity contribution in [1.82, 2.24) is 9.88 Å². The van der Waals surface area contributed by atoms with Gasteiger partial charge in [-0.05, 0) is 42.2 Å². The Balaban J connectivity index is 1.49. The third-order valence-corrected chi connectivity index (χ3v) is 6.59. The van der Waals surface area contributed by atoms with E-state index >= 15 is 0 Å². The van der Waals surface area contributed by atoms with Gasteiger partial charge in [-0.2, -0.15) is 13.2 Å². The van der Waals surface area contributed by atoms with Crippen LogP contribution in [0.5, 0.6) is 0 Å². The molecule has 1 saturated heterocycles. The van der Waals surface area contributed by atoms with Crippen LogP contribution in [0.25, 0.3) is 11.1 Å². The number of likely N-dealkylation sites (tertiary alicyclic amines) is 1. The summed E-state index contributed by atoms with van der Waals surface area (Å²) in [4.78, 5) is 30.6. The molecular weight excluding hydrogens is 439 g/mol. The Labute approximate surface area is 186 Å². The van der Waals surface area contributed by atoms with Gasteiger partial charge in [-0.1, -0.05) is 30.3 Å². The van der Waals surface area contributed by atoms with Crippen LogP contribution in [0.4, 0.5) is 13.2 Å². The van der Waals surface area contributed by atoms with Crippen LogP contribution in [0.1, 0.15) is 50.2 Å². The van der Waals surface area contributed by atoms with E-state index in [0.717, 1.165) is 17.1 Å². The van der Waals surface area contributed by atoms with Crippen molar-refractivity contribution in [3.8, 4) is 11.1 Å². The zero-order chi connectivity index (χ0) is 22.9. The van der Waals surface area contributed by atoms with Crippen LogP contribution in [0.3, 0.4) is 0 Å². The summed E-state index contributed by atoms with van der Waals surface area (Å²) in [6, 6.07) is 11.8. The molecule has 0 radical (unpaired) electrons. The fraction of sp³-hybridized carbons (Fsp3) is 0.261. The van der Waals surface area contributed by atoms with E-state index in [9.17, 15) is 22.8 Å². The summed E-state index contributed by atoms with van der Waals surface area (Å²) in [7, 11) is 0. The fourth-order valence-electron chi connectivity index (χ4n) is 3.85. The molecule has 5 nitrogen and oxygen atoms in total. The Morgan fingerprint density at radius 3 is 2.28 bits per heavy atom. The van der Waals surface area contributed by atoms with Crippen molar-refractivity contribution in [1.29, 1.82) is 0 Å². The fourth-order valence-corrected chi connectivity index (χ4v) is 4.83. The Kier molecular flexibility index (Phi) is 6.01. The first-order valence-corrected chi connectivity index (χ1v) is 10.9. The molecule has 32 heavy (non-hydrogen) atoms. The second kappa shape index (κ2) is 8.74. The molecule has 3 aromatic rings. The van der Waals surface area contributed by atoms with Crippen molar-refractivity contribution < 1.29 is 22.8 Å². The summed E-state index contributed by atoms with van der Waals surface area (Å²) >= 11 is 1.40. The molecule has 0 saturated carbocycles. The number of alkyl halides is 3. The lowest BCUT2D eigenvalue weighted by molar-refractivity contribution is -0.137. The molecule has 4 rings (SSSR count). The van der Waals surface area contributed by atoms with Crippen LogP contribution < -0.4 is 5.73 Å². The number of hydrogen-bond acceptors (Lipinski definition) is 4. The predicted octanol–water partition coefficient (Wildman–Crippen LogP) is 4.95. The minimum atomic E-state index is -4.41. The zero-order valence-corrected chi connectivity index (χ0v) is 17.7. The number of hydrogen-bond donors (Lipinski definition) is 1. The van der Waals surface area contributed by atoms with Gasteiger partial charge in [-0.25, -0.2) is 4.98 Å². The minimum Gasteiger partial charge on any atom is -0.364 e. The van der Waals surface area contributed by atoms with E-state index in [1.165, 1.54) is 23.5 Å². The summed E-state index contributed by atoms with van der Waals surface area (Å²) in [6.07, 6.45) is -2.99. The number of halogens is 3. The van der Waals surface area contributed by atoms with Gasteiger partial charge in [0.05, 0.1) is 10.6 Å².